The van der Waals surface area contributed by atoms with Gasteiger partial charge in [-0.15, -0.1) is 0 Å². The summed E-state index contributed by atoms with van der Waals surface area (Å²) in [6.45, 7) is 10.6. The molecule has 0 saturated heterocycles. The maximum absolute atomic E-state index is 12.0. The zero-order valence-corrected chi connectivity index (χ0v) is 16.0. The second kappa shape index (κ2) is 13.8. The van der Waals surface area contributed by atoms with E-state index in [0.29, 0.717) is 30.3 Å². The average molecular weight is 338 g/mol. The molecule has 0 bridgehead atoms. The summed E-state index contributed by atoms with van der Waals surface area (Å²) in [6.07, 6.45) is 9.48. The Kier molecular flexibility index (Phi) is 12.9. The van der Waals surface area contributed by atoms with Gasteiger partial charge in [0.2, 0.25) is 0 Å². The Morgan fingerprint density at radius 2 is 1.42 bits per heavy atom. The number of hydrogen-bond donors (Lipinski definition) is 0. The Bertz CT molecular complexity index is 435. The van der Waals surface area contributed by atoms with Crippen LogP contribution in [-0.2, 0) is 19.1 Å². The van der Waals surface area contributed by atoms with Crippen molar-refractivity contribution in [2.75, 3.05) is 13.2 Å². The van der Waals surface area contributed by atoms with Crippen molar-refractivity contribution in [2.45, 2.75) is 73.1 Å². The predicted octanol–water partition coefficient (Wildman–Crippen LogP) is 4.98. The molecule has 0 radical (unpaired) electrons. The smallest absolute Gasteiger partial charge is 0.333 e. The van der Waals surface area contributed by atoms with Gasteiger partial charge < -0.3 is 9.47 Å². The average Bonchev–Trinajstić information content (AvgIpc) is 2.59. The van der Waals surface area contributed by atoms with Crippen molar-refractivity contribution in [1.82, 2.24) is 0 Å². The van der Waals surface area contributed by atoms with Crippen molar-refractivity contribution in [1.29, 1.82) is 0 Å². The van der Waals surface area contributed by atoms with E-state index in [-0.39, 0.29) is 11.9 Å². The maximum Gasteiger partial charge on any atom is 0.333 e. The summed E-state index contributed by atoms with van der Waals surface area (Å²) in [5.74, 6) is -0.243. The number of allylic oxidation sites excluding steroid dienone is 2. The molecule has 4 nitrogen and oxygen atoms in total. The summed E-state index contributed by atoms with van der Waals surface area (Å²) in [6, 6.07) is 0. The molecule has 0 saturated carbocycles. The predicted molar refractivity (Wildman–Crippen MR) is 97.6 cm³/mol. The normalized spacial score (nSPS) is 13.5. The maximum atomic E-state index is 12.0. The summed E-state index contributed by atoms with van der Waals surface area (Å²) < 4.78 is 10.5. The molecule has 1 unspecified atom stereocenters. The molecule has 0 aromatic carbocycles. The van der Waals surface area contributed by atoms with E-state index < -0.39 is 0 Å². The van der Waals surface area contributed by atoms with Crippen molar-refractivity contribution >= 4 is 11.9 Å². The van der Waals surface area contributed by atoms with Crippen LogP contribution in [0.2, 0.25) is 0 Å². The largest absolute Gasteiger partial charge is 0.462 e. The van der Waals surface area contributed by atoms with Gasteiger partial charge in [-0.1, -0.05) is 58.6 Å². The number of carbonyl (C=O) groups is 2. The Labute approximate surface area is 147 Å². The zero-order valence-electron chi connectivity index (χ0n) is 16.0. The summed E-state index contributed by atoms with van der Waals surface area (Å²) in [5.41, 5.74) is 0.966. The third-order valence-corrected chi connectivity index (χ3v) is 3.95. The van der Waals surface area contributed by atoms with Gasteiger partial charge in [0.1, 0.15) is 0 Å². The Morgan fingerprint density at radius 3 is 1.92 bits per heavy atom. The third kappa shape index (κ3) is 10.2. The second-order valence-corrected chi connectivity index (χ2v) is 6.20. The summed E-state index contributed by atoms with van der Waals surface area (Å²) >= 11 is 0. The molecule has 0 heterocycles. The van der Waals surface area contributed by atoms with Crippen LogP contribution in [0.25, 0.3) is 0 Å². The molecule has 138 valence electrons. The van der Waals surface area contributed by atoms with Crippen LogP contribution < -0.4 is 0 Å². The highest BCUT2D eigenvalue weighted by molar-refractivity contribution is 5.90. The molecule has 0 fully saturated rings. The van der Waals surface area contributed by atoms with Crippen LogP contribution in [0, 0.1) is 5.92 Å². The fraction of sp³-hybridized carbons (Fsp3) is 0.700. The SMILES string of the molecule is CCCCOC(=O)/C(C)=C/C=C(\C)C(=O)OCC(CC)CCCC. The number of esters is 2. The van der Waals surface area contributed by atoms with Crippen LogP contribution in [0.3, 0.4) is 0 Å². The quantitative estimate of drug-likeness (QED) is 0.218. The van der Waals surface area contributed by atoms with Crippen molar-refractivity contribution in [3.63, 3.8) is 0 Å². The van der Waals surface area contributed by atoms with E-state index in [1.165, 1.54) is 0 Å². The fourth-order valence-corrected chi connectivity index (χ4v) is 2.01. The topological polar surface area (TPSA) is 52.6 Å². The highest BCUT2D eigenvalue weighted by Gasteiger charge is 2.11. The van der Waals surface area contributed by atoms with E-state index in [2.05, 4.69) is 13.8 Å². The minimum atomic E-state index is -0.341. The molecular formula is C20H34O4. The second-order valence-electron chi connectivity index (χ2n) is 6.20. The van der Waals surface area contributed by atoms with Crippen LogP contribution in [0.4, 0.5) is 0 Å². The van der Waals surface area contributed by atoms with Crippen LogP contribution in [-0.4, -0.2) is 25.2 Å². The molecule has 0 aliphatic carbocycles. The molecule has 0 spiro atoms. The first-order valence-electron chi connectivity index (χ1n) is 9.15. The van der Waals surface area contributed by atoms with E-state index in [9.17, 15) is 9.59 Å². The van der Waals surface area contributed by atoms with Crippen LogP contribution in [0.5, 0.6) is 0 Å². The Morgan fingerprint density at radius 1 is 0.875 bits per heavy atom. The lowest BCUT2D eigenvalue weighted by Gasteiger charge is -2.14. The third-order valence-electron chi connectivity index (χ3n) is 3.95. The van der Waals surface area contributed by atoms with Gasteiger partial charge in [-0.05, 0) is 32.6 Å². The first-order chi connectivity index (χ1) is 11.5. The number of ether oxygens (including phenoxy) is 2. The van der Waals surface area contributed by atoms with Gasteiger partial charge in [-0.3, -0.25) is 0 Å². The van der Waals surface area contributed by atoms with E-state index in [4.69, 9.17) is 9.47 Å². The van der Waals surface area contributed by atoms with Crippen molar-refractivity contribution in [3.05, 3.63) is 23.3 Å². The lowest BCUT2D eigenvalue weighted by molar-refractivity contribution is -0.141. The van der Waals surface area contributed by atoms with Crippen LogP contribution in [0.1, 0.15) is 73.1 Å². The first-order valence-corrected chi connectivity index (χ1v) is 9.15. The first kappa shape index (κ1) is 22.4. The molecule has 0 rings (SSSR count). The van der Waals surface area contributed by atoms with Crippen molar-refractivity contribution in [2.24, 2.45) is 5.92 Å². The minimum absolute atomic E-state index is 0.326. The van der Waals surface area contributed by atoms with Gasteiger partial charge >= 0.3 is 11.9 Å². The van der Waals surface area contributed by atoms with Crippen molar-refractivity contribution < 1.29 is 19.1 Å². The highest BCUT2D eigenvalue weighted by atomic mass is 16.5. The molecule has 0 aromatic heterocycles. The number of unbranched alkanes of at least 4 members (excludes halogenated alkanes) is 2. The molecule has 0 N–H and O–H groups in total. The number of carbonyl (C=O) groups excluding carboxylic acids is 2. The summed E-state index contributed by atoms with van der Waals surface area (Å²) in [7, 11) is 0. The van der Waals surface area contributed by atoms with Crippen LogP contribution >= 0.6 is 0 Å². The monoisotopic (exact) mass is 338 g/mol. The van der Waals surface area contributed by atoms with Crippen molar-refractivity contribution in [3.8, 4) is 0 Å². The van der Waals surface area contributed by atoms with Gasteiger partial charge in [0.15, 0.2) is 0 Å². The van der Waals surface area contributed by atoms with Gasteiger partial charge in [0, 0.05) is 11.1 Å². The highest BCUT2D eigenvalue weighted by Crippen LogP contribution is 2.13. The Hall–Kier alpha value is -1.58. The molecule has 0 aromatic rings. The van der Waals surface area contributed by atoms with E-state index >= 15 is 0 Å². The van der Waals surface area contributed by atoms with E-state index in [1.54, 1.807) is 26.0 Å². The molecular weight excluding hydrogens is 304 g/mol. The molecule has 0 aliphatic heterocycles. The fourth-order valence-electron chi connectivity index (χ4n) is 2.01. The van der Waals surface area contributed by atoms with Gasteiger partial charge in [0.25, 0.3) is 0 Å². The van der Waals surface area contributed by atoms with Crippen LogP contribution in [0.15, 0.2) is 23.3 Å². The molecule has 4 heteroatoms. The van der Waals surface area contributed by atoms with Gasteiger partial charge in [-0.2, -0.15) is 0 Å². The standard InChI is InChI=1S/C20H34O4/c1-6-9-11-18(8-3)15-24-20(22)17(5)13-12-16(4)19(21)23-14-10-7-2/h12-13,18H,6-11,14-15H2,1-5H3/b16-12+,17-13+. The van der Waals surface area contributed by atoms with E-state index in [0.717, 1.165) is 38.5 Å². The number of hydrogen-bond acceptors (Lipinski definition) is 4. The molecule has 0 aliphatic rings. The lowest BCUT2D eigenvalue weighted by atomic mass is 10.0. The molecule has 0 amide bonds. The lowest BCUT2D eigenvalue weighted by Crippen LogP contribution is -2.14. The summed E-state index contributed by atoms with van der Waals surface area (Å²) in [4.78, 5) is 23.7. The zero-order chi connectivity index (χ0) is 18.4. The Balaban J connectivity index is 4.41. The van der Waals surface area contributed by atoms with Gasteiger partial charge in [0.05, 0.1) is 13.2 Å². The number of rotatable bonds is 12. The van der Waals surface area contributed by atoms with Gasteiger partial charge in [-0.25, -0.2) is 9.59 Å². The summed E-state index contributed by atoms with van der Waals surface area (Å²) in [5, 5.41) is 0. The van der Waals surface area contributed by atoms with E-state index in [1.807, 2.05) is 6.92 Å². The molecule has 24 heavy (non-hydrogen) atoms. The molecule has 1 atom stereocenters. The minimum Gasteiger partial charge on any atom is -0.462 e.